The molecule has 0 spiro atoms. The lowest BCUT2D eigenvalue weighted by Crippen LogP contribution is -2.19. The van der Waals surface area contributed by atoms with Gasteiger partial charge in [0.2, 0.25) is 0 Å². The number of carbonyl (C=O) groups is 1. The van der Waals surface area contributed by atoms with E-state index in [1.807, 2.05) is 0 Å². The number of halogens is 3. The minimum absolute atomic E-state index is 0.0526. The van der Waals surface area contributed by atoms with Crippen molar-refractivity contribution in [3.05, 3.63) is 47.3 Å². The van der Waals surface area contributed by atoms with Gasteiger partial charge in [0.1, 0.15) is 5.82 Å². The van der Waals surface area contributed by atoms with E-state index in [9.17, 15) is 18.0 Å². The third-order valence-electron chi connectivity index (χ3n) is 3.72. The van der Waals surface area contributed by atoms with Gasteiger partial charge in [0.15, 0.2) is 23.3 Å². The first-order chi connectivity index (χ1) is 12.0. The van der Waals surface area contributed by atoms with Crippen molar-refractivity contribution in [3.63, 3.8) is 0 Å². The average Bonchev–Trinajstić information content (AvgIpc) is 3.12. The molecule has 0 aliphatic carbocycles. The van der Waals surface area contributed by atoms with E-state index in [0.29, 0.717) is 18.4 Å². The third kappa shape index (κ3) is 4.05. The smallest absolute Gasteiger partial charge is 0.259 e. The Morgan fingerprint density at radius 2 is 1.88 bits per heavy atom. The summed E-state index contributed by atoms with van der Waals surface area (Å²) in [6.07, 6.45) is 2.15. The van der Waals surface area contributed by atoms with Crippen molar-refractivity contribution < 1.29 is 22.7 Å². The van der Waals surface area contributed by atoms with E-state index >= 15 is 0 Å². The summed E-state index contributed by atoms with van der Waals surface area (Å²) in [5.74, 6) is -5.03. The number of hydrogen-bond acceptors (Lipinski definition) is 5. The SMILES string of the molecule is O=C(Nc1ccc(NCC2CCCO2)nn1)c1ccc(F)c(F)c1F. The lowest BCUT2D eigenvalue weighted by molar-refractivity contribution is 0.102. The molecular formula is C16H15F3N4O2. The summed E-state index contributed by atoms with van der Waals surface area (Å²) < 4.78 is 45.1. The van der Waals surface area contributed by atoms with Crippen LogP contribution in [0.15, 0.2) is 24.3 Å². The second kappa shape index (κ2) is 7.47. The van der Waals surface area contributed by atoms with E-state index in [4.69, 9.17) is 4.74 Å². The molecule has 1 unspecified atom stereocenters. The van der Waals surface area contributed by atoms with Crippen molar-refractivity contribution in [2.75, 3.05) is 23.8 Å². The van der Waals surface area contributed by atoms with Crippen molar-refractivity contribution in [1.29, 1.82) is 0 Å². The van der Waals surface area contributed by atoms with Gasteiger partial charge in [0.25, 0.3) is 5.91 Å². The Morgan fingerprint density at radius 1 is 1.12 bits per heavy atom. The Bertz CT molecular complexity index is 765. The molecule has 1 aromatic carbocycles. The van der Waals surface area contributed by atoms with Crippen LogP contribution in [0.3, 0.4) is 0 Å². The number of benzene rings is 1. The Balaban J connectivity index is 1.61. The highest BCUT2D eigenvalue weighted by atomic mass is 19.2. The van der Waals surface area contributed by atoms with Crippen LogP contribution in [0, 0.1) is 17.5 Å². The summed E-state index contributed by atoms with van der Waals surface area (Å²) in [5.41, 5.74) is -0.624. The first-order valence-corrected chi connectivity index (χ1v) is 7.68. The van der Waals surface area contributed by atoms with E-state index < -0.39 is 28.9 Å². The van der Waals surface area contributed by atoms with Gasteiger partial charge in [0, 0.05) is 13.2 Å². The minimum Gasteiger partial charge on any atom is -0.376 e. The lowest BCUT2D eigenvalue weighted by atomic mass is 10.2. The maximum atomic E-state index is 13.6. The highest BCUT2D eigenvalue weighted by Gasteiger charge is 2.19. The topological polar surface area (TPSA) is 76.1 Å². The summed E-state index contributed by atoms with van der Waals surface area (Å²) in [4.78, 5) is 11.9. The molecule has 1 aliphatic rings. The van der Waals surface area contributed by atoms with Crippen LogP contribution < -0.4 is 10.6 Å². The van der Waals surface area contributed by atoms with Crippen LogP contribution in [-0.4, -0.2) is 35.4 Å². The molecule has 3 rings (SSSR count). The van der Waals surface area contributed by atoms with E-state index in [1.165, 1.54) is 6.07 Å². The van der Waals surface area contributed by atoms with E-state index in [-0.39, 0.29) is 11.9 Å². The van der Waals surface area contributed by atoms with Crippen LogP contribution in [-0.2, 0) is 4.74 Å². The number of amides is 1. The molecule has 1 saturated heterocycles. The number of anilines is 2. The molecule has 1 aromatic heterocycles. The van der Waals surface area contributed by atoms with E-state index in [1.54, 1.807) is 6.07 Å². The zero-order chi connectivity index (χ0) is 17.8. The quantitative estimate of drug-likeness (QED) is 0.810. The first kappa shape index (κ1) is 17.2. The maximum absolute atomic E-state index is 13.6. The van der Waals surface area contributed by atoms with Gasteiger partial charge in [-0.05, 0) is 37.1 Å². The molecule has 25 heavy (non-hydrogen) atoms. The van der Waals surface area contributed by atoms with Gasteiger partial charge >= 0.3 is 0 Å². The van der Waals surface area contributed by atoms with Gasteiger partial charge in [-0.3, -0.25) is 4.79 Å². The predicted molar refractivity (Wildman–Crippen MR) is 83.8 cm³/mol. The third-order valence-corrected chi connectivity index (χ3v) is 3.72. The summed E-state index contributed by atoms with van der Waals surface area (Å²) in [6, 6.07) is 4.57. The minimum atomic E-state index is -1.70. The number of nitrogens with zero attached hydrogens (tertiary/aromatic N) is 2. The zero-order valence-electron chi connectivity index (χ0n) is 13.1. The van der Waals surface area contributed by atoms with Gasteiger partial charge in [-0.15, -0.1) is 10.2 Å². The molecule has 1 atom stereocenters. The molecule has 1 aliphatic heterocycles. The largest absolute Gasteiger partial charge is 0.376 e. The highest BCUT2D eigenvalue weighted by Crippen LogP contribution is 2.17. The molecule has 1 amide bonds. The maximum Gasteiger partial charge on any atom is 0.259 e. The van der Waals surface area contributed by atoms with Crippen molar-refractivity contribution in [2.45, 2.75) is 18.9 Å². The monoisotopic (exact) mass is 352 g/mol. The van der Waals surface area contributed by atoms with Gasteiger partial charge in [-0.25, -0.2) is 13.2 Å². The molecule has 0 bridgehead atoms. The normalized spacial score (nSPS) is 16.7. The standard InChI is InChI=1S/C16H15F3N4O2/c17-11-4-3-10(14(18)15(11)19)16(24)21-13-6-5-12(22-23-13)20-8-9-2-1-7-25-9/h3-6,9H,1-2,7-8H2,(H,20,22)(H,21,23,24). The van der Waals surface area contributed by atoms with Crippen LogP contribution >= 0.6 is 0 Å². The molecule has 0 radical (unpaired) electrons. The summed E-state index contributed by atoms with van der Waals surface area (Å²) in [6.45, 7) is 1.35. The lowest BCUT2D eigenvalue weighted by Gasteiger charge is -2.11. The first-order valence-electron chi connectivity index (χ1n) is 7.68. The summed E-state index contributed by atoms with van der Waals surface area (Å²) in [5, 5.41) is 13.0. The average molecular weight is 352 g/mol. The second-order valence-corrected chi connectivity index (χ2v) is 5.50. The van der Waals surface area contributed by atoms with Crippen LogP contribution in [0.1, 0.15) is 23.2 Å². The highest BCUT2D eigenvalue weighted by molar-refractivity contribution is 6.03. The van der Waals surface area contributed by atoms with Crippen molar-refractivity contribution in [1.82, 2.24) is 10.2 Å². The molecule has 132 valence electrons. The Labute approximate surface area is 141 Å². The Morgan fingerprint density at radius 3 is 2.56 bits per heavy atom. The molecule has 9 heteroatoms. The van der Waals surface area contributed by atoms with Crippen molar-refractivity contribution >= 4 is 17.5 Å². The molecule has 2 N–H and O–H groups in total. The van der Waals surface area contributed by atoms with E-state index in [2.05, 4.69) is 20.8 Å². The number of rotatable bonds is 5. The van der Waals surface area contributed by atoms with Gasteiger partial charge in [0.05, 0.1) is 11.7 Å². The molecule has 2 heterocycles. The number of nitrogens with one attached hydrogen (secondary N) is 2. The molecule has 1 fully saturated rings. The Kier molecular flexibility index (Phi) is 5.13. The molecule has 2 aromatic rings. The summed E-state index contributed by atoms with van der Waals surface area (Å²) >= 11 is 0. The van der Waals surface area contributed by atoms with Crippen molar-refractivity contribution in [2.24, 2.45) is 0 Å². The van der Waals surface area contributed by atoms with Gasteiger partial charge in [-0.1, -0.05) is 0 Å². The van der Waals surface area contributed by atoms with Crippen molar-refractivity contribution in [3.8, 4) is 0 Å². The second-order valence-electron chi connectivity index (χ2n) is 5.50. The fraction of sp³-hybridized carbons (Fsp3) is 0.312. The number of aromatic nitrogens is 2. The molecular weight excluding hydrogens is 337 g/mol. The Hall–Kier alpha value is -2.68. The summed E-state index contributed by atoms with van der Waals surface area (Å²) in [7, 11) is 0. The van der Waals surface area contributed by atoms with Crippen LogP contribution in [0.2, 0.25) is 0 Å². The number of hydrogen-bond donors (Lipinski definition) is 2. The van der Waals surface area contributed by atoms with Crippen LogP contribution in [0.4, 0.5) is 24.8 Å². The fourth-order valence-corrected chi connectivity index (χ4v) is 2.40. The molecule has 6 nitrogen and oxygen atoms in total. The van der Waals surface area contributed by atoms with Crippen LogP contribution in [0.25, 0.3) is 0 Å². The number of carbonyl (C=O) groups excluding carboxylic acids is 1. The van der Waals surface area contributed by atoms with Gasteiger partial charge in [-0.2, -0.15) is 0 Å². The van der Waals surface area contributed by atoms with E-state index in [0.717, 1.165) is 25.5 Å². The van der Waals surface area contributed by atoms with Gasteiger partial charge < -0.3 is 15.4 Å². The fourth-order valence-electron chi connectivity index (χ4n) is 2.40. The predicted octanol–water partition coefficient (Wildman–Crippen LogP) is 2.74. The van der Waals surface area contributed by atoms with Crippen LogP contribution in [0.5, 0.6) is 0 Å². The molecule has 0 saturated carbocycles. The number of ether oxygens (including phenoxy) is 1. The zero-order valence-corrected chi connectivity index (χ0v) is 13.1.